The van der Waals surface area contributed by atoms with E-state index >= 15 is 0 Å². The van der Waals surface area contributed by atoms with E-state index in [9.17, 15) is 4.39 Å². The molecule has 2 rings (SSSR count). The van der Waals surface area contributed by atoms with Crippen molar-refractivity contribution in [2.24, 2.45) is 4.99 Å². The molecule has 0 bridgehead atoms. The molecule has 4 nitrogen and oxygen atoms in total. The average Bonchev–Trinajstić information content (AvgIpc) is 3.03. The van der Waals surface area contributed by atoms with Crippen LogP contribution in [0.1, 0.15) is 25.3 Å². The first kappa shape index (κ1) is 20.2. The van der Waals surface area contributed by atoms with E-state index in [0.717, 1.165) is 50.8 Å². The zero-order valence-electron chi connectivity index (χ0n) is 14.1. The van der Waals surface area contributed by atoms with Gasteiger partial charge in [0.05, 0.1) is 6.54 Å². The number of nitrogens with one attached hydrogen (secondary N) is 1. The number of benzene rings is 1. The number of likely N-dealkylation sites (N-methyl/N-ethyl adjacent to an activating group) is 1. The van der Waals surface area contributed by atoms with E-state index in [1.165, 1.54) is 25.0 Å². The zero-order valence-corrected chi connectivity index (χ0v) is 16.4. The third-order valence-electron chi connectivity index (χ3n) is 3.85. The molecular weight excluding hydrogens is 406 g/mol. The summed E-state index contributed by atoms with van der Waals surface area (Å²) in [4.78, 5) is 9.27. The molecule has 1 saturated heterocycles. The van der Waals surface area contributed by atoms with Crippen molar-refractivity contribution in [1.82, 2.24) is 15.1 Å². The van der Waals surface area contributed by atoms with Crippen molar-refractivity contribution in [2.75, 3.05) is 39.8 Å². The van der Waals surface area contributed by atoms with E-state index in [-0.39, 0.29) is 29.8 Å². The van der Waals surface area contributed by atoms with Gasteiger partial charge < -0.3 is 15.1 Å². The van der Waals surface area contributed by atoms with Crippen molar-refractivity contribution in [3.05, 3.63) is 35.6 Å². The fourth-order valence-corrected chi connectivity index (χ4v) is 2.66. The molecule has 1 fully saturated rings. The lowest BCUT2D eigenvalue weighted by molar-refractivity contribution is 0.335. The van der Waals surface area contributed by atoms with E-state index in [1.54, 1.807) is 0 Å². The van der Waals surface area contributed by atoms with Crippen molar-refractivity contribution < 1.29 is 4.39 Å². The van der Waals surface area contributed by atoms with Crippen LogP contribution in [-0.2, 0) is 6.54 Å². The van der Waals surface area contributed by atoms with Gasteiger partial charge in [-0.3, -0.25) is 4.99 Å². The van der Waals surface area contributed by atoms with Gasteiger partial charge in [-0.1, -0.05) is 12.1 Å². The Morgan fingerprint density at radius 1 is 1.26 bits per heavy atom. The largest absolute Gasteiger partial charge is 0.357 e. The van der Waals surface area contributed by atoms with Crippen molar-refractivity contribution in [3.63, 3.8) is 0 Å². The van der Waals surface area contributed by atoms with Crippen LogP contribution in [0.2, 0.25) is 0 Å². The molecule has 0 amide bonds. The minimum Gasteiger partial charge on any atom is -0.357 e. The number of hydrogen-bond acceptors (Lipinski definition) is 2. The predicted octanol–water partition coefficient (Wildman–Crippen LogP) is 2.94. The Morgan fingerprint density at radius 3 is 2.52 bits per heavy atom. The number of rotatable bonds is 6. The summed E-state index contributed by atoms with van der Waals surface area (Å²) in [5.41, 5.74) is 1.12. The first-order valence-electron chi connectivity index (χ1n) is 8.15. The molecule has 0 saturated carbocycles. The van der Waals surface area contributed by atoms with E-state index in [0.29, 0.717) is 0 Å². The Bertz CT molecular complexity index is 472. The lowest BCUT2D eigenvalue weighted by Crippen LogP contribution is -2.40. The molecule has 6 heteroatoms. The molecule has 1 aromatic rings. The second-order valence-corrected chi connectivity index (χ2v) is 5.79. The Morgan fingerprint density at radius 2 is 1.91 bits per heavy atom. The van der Waals surface area contributed by atoms with Gasteiger partial charge in [0, 0.05) is 32.7 Å². The monoisotopic (exact) mass is 434 g/mol. The van der Waals surface area contributed by atoms with Crippen LogP contribution in [0.25, 0.3) is 0 Å². The second-order valence-electron chi connectivity index (χ2n) is 5.79. The van der Waals surface area contributed by atoms with Gasteiger partial charge in [0.15, 0.2) is 5.96 Å². The summed E-state index contributed by atoms with van der Waals surface area (Å²) in [5.74, 6) is 0.854. The van der Waals surface area contributed by atoms with E-state index in [2.05, 4.69) is 29.1 Å². The fraction of sp³-hybridized carbons (Fsp3) is 0.588. The lowest BCUT2D eigenvalue weighted by atomic mass is 10.2. The van der Waals surface area contributed by atoms with Crippen LogP contribution in [0.5, 0.6) is 0 Å². The number of halogens is 2. The van der Waals surface area contributed by atoms with Gasteiger partial charge in [-0.05, 0) is 44.5 Å². The smallest absolute Gasteiger partial charge is 0.193 e. The van der Waals surface area contributed by atoms with Crippen LogP contribution in [-0.4, -0.2) is 55.5 Å². The summed E-state index contributed by atoms with van der Waals surface area (Å²) in [6.07, 6.45) is 2.52. The molecular formula is C17H28FIN4. The molecule has 0 aromatic heterocycles. The molecule has 23 heavy (non-hydrogen) atoms. The first-order chi connectivity index (χ1) is 10.7. The van der Waals surface area contributed by atoms with Gasteiger partial charge in [-0.15, -0.1) is 24.0 Å². The highest BCUT2D eigenvalue weighted by atomic mass is 127. The lowest BCUT2D eigenvalue weighted by Gasteiger charge is -2.21. The highest BCUT2D eigenvalue weighted by molar-refractivity contribution is 14.0. The molecule has 1 heterocycles. The standard InChI is InChI=1S/C17H27FN4.HI/c1-3-19-17(22-11-4-5-12-22)20-10-13-21(2)14-15-6-8-16(18)9-7-15;/h6-9H,3-5,10-14H2,1-2H3,(H,19,20);1H. The van der Waals surface area contributed by atoms with Gasteiger partial charge in [0.25, 0.3) is 0 Å². The third-order valence-corrected chi connectivity index (χ3v) is 3.85. The maximum Gasteiger partial charge on any atom is 0.193 e. The Hall–Kier alpha value is -0.890. The summed E-state index contributed by atoms with van der Waals surface area (Å²) in [6, 6.07) is 6.70. The minimum absolute atomic E-state index is 0. The minimum atomic E-state index is -0.183. The number of aliphatic imine (C=N–C) groups is 1. The van der Waals surface area contributed by atoms with E-state index < -0.39 is 0 Å². The van der Waals surface area contributed by atoms with Crippen LogP contribution < -0.4 is 5.32 Å². The topological polar surface area (TPSA) is 30.9 Å². The maximum atomic E-state index is 12.9. The summed E-state index contributed by atoms with van der Waals surface area (Å²) in [6.45, 7) is 7.70. The fourth-order valence-electron chi connectivity index (χ4n) is 2.66. The molecule has 0 radical (unpaired) electrons. The summed E-state index contributed by atoms with van der Waals surface area (Å²) < 4.78 is 12.9. The predicted molar refractivity (Wildman–Crippen MR) is 105 cm³/mol. The number of nitrogens with zero attached hydrogens (tertiary/aromatic N) is 3. The summed E-state index contributed by atoms with van der Waals surface area (Å²) in [7, 11) is 2.07. The second kappa shape index (κ2) is 10.8. The highest BCUT2D eigenvalue weighted by Gasteiger charge is 2.15. The number of guanidine groups is 1. The molecule has 1 aromatic carbocycles. The normalized spacial score (nSPS) is 15.0. The zero-order chi connectivity index (χ0) is 15.8. The summed E-state index contributed by atoms with van der Waals surface area (Å²) in [5, 5.41) is 3.37. The van der Waals surface area contributed by atoms with Crippen molar-refractivity contribution in [1.29, 1.82) is 0 Å². The van der Waals surface area contributed by atoms with E-state index in [4.69, 9.17) is 4.99 Å². The molecule has 0 atom stereocenters. The Kier molecular flexibility index (Phi) is 9.47. The third kappa shape index (κ3) is 7.03. The SMILES string of the molecule is CCNC(=NCCN(C)Cc1ccc(F)cc1)N1CCCC1.I. The summed E-state index contributed by atoms with van der Waals surface area (Å²) >= 11 is 0. The van der Waals surface area contributed by atoms with Crippen molar-refractivity contribution in [3.8, 4) is 0 Å². The number of likely N-dealkylation sites (tertiary alicyclic amines) is 1. The molecule has 1 aliphatic heterocycles. The quantitative estimate of drug-likeness (QED) is 0.425. The van der Waals surface area contributed by atoms with Crippen LogP contribution >= 0.6 is 24.0 Å². The Labute approximate surface area is 156 Å². The molecule has 130 valence electrons. The first-order valence-corrected chi connectivity index (χ1v) is 8.15. The molecule has 0 spiro atoms. The van der Waals surface area contributed by atoms with Gasteiger partial charge in [-0.2, -0.15) is 0 Å². The van der Waals surface area contributed by atoms with Gasteiger partial charge >= 0.3 is 0 Å². The van der Waals surface area contributed by atoms with Crippen LogP contribution in [0, 0.1) is 5.82 Å². The van der Waals surface area contributed by atoms with E-state index in [1.807, 2.05) is 12.1 Å². The average molecular weight is 434 g/mol. The molecule has 0 unspecified atom stereocenters. The highest BCUT2D eigenvalue weighted by Crippen LogP contribution is 2.08. The molecule has 1 aliphatic rings. The van der Waals surface area contributed by atoms with Gasteiger partial charge in [0.1, 0.15) is 5.82 Å². The van der Waals surface area contributed by atoms with Gasteiger partial charge in [-0.25, -0.2) is 4.39 Å². The molecule has 0 aliphatic carbocycles. The van der Waals surface area contributed by atoms with Crippen LogP contribution in [0.3, 0.4) is 0 Å². The van der Waals surface area contributed by atoms with Crippen LogP contribution in [0.15, 0.2) is 29.3 Å². The number of hydrogen-bond donors (Lipinski definition) is 1. The van der Waals surface area contributed by atoms with Crippen molar-refractivity contribution >= 4 is 29.9 Å². The van der Waals surface area contributed by atoms with Crippen LogP contribution in [0.4, 0.5) is 4.39 Å². The van der Waals surface area contributed by atoms with Gasteiger partial charge in [0.2, 0.25) is 0 Å². The molecule has 1 N–H and O–H groups in total. The maximum absolute atomic E-state index is 12.9. The van der Waals surface area contributed by atoms with Crippen molar-refractivity contribution in [2.45, 2.75) is 26.3 Å². The Balaban J connectivity index is 0.00000264.